The van der Waals surface area contributed by atoms with Gasteiger partial charge >= 0.3 is 0 Å². The molecule has 0 aliphatic carbocycles. The van der Waals surface area contributed by atoms with E-state index in [2.05, 4.69) is 15.5 Å². The second kappa shape index (κ2) is 7.25. The van der Waals surface area contributed by atoms with Gasteiger partial charge in [0, 0.05) is 18.5 Å². The molecule has 0 atom stereocenters. The monoisotopic (exact) mass is 383 g/mol. The molecule has 9 heteroatoms. The molecular formula is C15H12Cl3N5O. The van der Waals surface area contributed by atoms with Gasteiger partial charge in [-0.3, -0.25) is 14.2 Å². The van der Waals surface area contributed by atoms with E-state index in [0.29, 0.717) is 27.4 Å². The number of nitrogens with one attached hydrogen (secondary N) is 1. The highest BCUT2D eigenvalue weighted by molar-refractivity contribution is 6.42. The number of carbonyl (C=O) groups excluding carboxylic acids is 1. The molecule has 1 aromatic carbocycles. The van der Waals surface area contributed by atoms with Gasteiger partial charge in [-0.1, -0.05) is 40.9 Å². The Morgan fingerprint density at radius 3 is 2.67 bits per heavy atom. The molecule has 6 nitrogen and oxygen atoms in total. The quantitative estimate of drug-likeness (QED) is 0.729. The third-order valence-electron chi connectivity index (χ3n) is 3.14. The van der Waals surface area contributed by atoms with Gasteiger partial charge in [0.25, 0.3) is 0 Å². The topological polar surface area (TPSA) is 64.7 Å². The zero-order valence-electron chi connectivity index (χ0n) is 12.3. The van der Waals surface area contributed by atoms with E-state index in [1.807, 2.05) is 6.07 Å². The number of carbonyl (C=O) groups is 1. The molecular weight excluding hydrogens is 373 g/mol. The zero-order valence-corrected chi connectivity index (χ0v) is 14.6. The Bertz CT molecular complexity index is 874. The fourth-order valence-electron chi connectivity index (χ4n) is 2.10. The number of aromatic nitrogens is 4. The van der Waals surface area contributed by atoms with Gasteiger partial charge in [0.1, 0.15) is 6.54 Å². The van der Waals surface area contributed by atoms with Crippen LogP contribution >= 0.6 is 34.8 Å². The molecule has 2 aromatic heterocycles. The maximum atomic E-state index is 11.9. The van der Waals surface area contributed by atoms with Crippen LogP contribution in [0.3, 0.4) is 0 Å². The Balaban J connectivity index is 1.60. The van der Waals surface area contributed by atoms with Crippen molar-refractivity contribution in [1.82, 2.24) is 19.6 Å². The average Bonchev–Trinajstić information content (AvgIpc) is 3.12. The Morgan fingerprint density at radius 1 is 1.12 bits per heavy atom. The van der Waals surface area contributed by atoms with Gasteiger partial charge in [-0.05, 0) is 17.7 Å². The predicted molar refractivity (Wildman–Crippen MR) is 93.7 cm³/mol. The number of hydrogen-bond donors (Lipinski definition) is 1. The van der Waals surface area contributed by atoms with Gasteiger partial charge < -0.3 is 5.32 Å². The Labute approximate surface area is 152 Å². The van der Waals surface area contributed by atoms with E-state index in [-0.39, 0.29) is 12.5 Å². The number of halogens is 3. The number of benzene rings is 1. The number of nitrogens with zero attached hydrogens (tertiary/aromatic N) is 4. The van der Waals surface area contributed by atoms with Crippen molar-refractivity contribution < 1.29 is 4.79 Å². The summed E-state index contributed by atoms with van der Waals surface area (Å²) in [6.07, 6.45) is 4.81. The van der Waals surface area contributed by atoms with Crippen molar-refractivity contribution in [2.45, 2.75) is 13.1 Å². The summed E-state index contributed by atoms with van der Waals surface area (Å²) in [5, 5.41) is 12.4. The van der Waals surface area contributed by atoms with Crippen LogP contribution in [0.25, 0.3) is 0 Å². The molecule has 3 aromatic rings. The fraction of sp³-hybridized carbons (Fsp3) is 0.133. The SMILES string of the molecule is O=C(Cn1cc(Cl)cn1)Nc1ccn(Cc2ccc(Cl)c(Cl)c2)n1. The Hall–Kier alpha value is -2.02. The Morgan fingerprint density at radius 2 is 1.96 bits per heavy atom. The van der Waals surface area contributed by atoms with Crippen LogP contribution in [0.1, 0.15) is 5.56 Å². The van der Waals surface area contributed by atoms with E-state index in [4.69, 9.17) is 34.8 Å². The van der Waals surface area contributed by atoms with Crippen LogP contribution in [0.5, 0.6) is 0 Å². The minimum absolute atomic E-state index is 0.0619. The molecule has 0 aliphatic rings. The van der Waals surface area contributed by atoms with Gasteiger partial charge in [-0.15, -0.1) is 0 Å². The van der Waals surface area contributed by atoms with Crippen LogP contribution in [0.4, 0.5) is 5.82 Å². The molecule has 0 fully saturated rings. The second-order valence-electron chi connectivity index (χ2n) is 5.05. The van der Waals surface area contributed by atoms with E-state index >= 15 is 0 Å². The van der Waals surface area contributed by atoms with Crippen LogP contribution < -0.4 is 5.32 Å². The number of anilines is 1. The molecule has 24 heavy (non-hydrogen) atoms. The third-order valence-corrected chi connectivity index (χ3v) is 4.08. The highest BCUT2D eigenvalue weighted by Crippen LogP contribution is 2.23. The van der Waals surface area contributed by atoms with Crippen LogP contribution in [0.2, 0.25) is 15.1 Å². The molecule has 1 N–H and O–H groups in total. The third kappa shape index (κ3) is 4.29. The summed E-state index contributed by atoms with van der Waals surface area (Å²) < 4.78 is 3.14. The fourth-order valence-corrected chi connectivity index (χ4v) is 2.57. The maximum Gasteiger partial charge on any atom is 0.247 e. The Kier molecular flexibility index (Phi) is 5.08. The highest BCUT2D eigenvalue weighted by atomic mass is 35.5. The minimum Gasteiger partial charge on any atom is -0.308 e. The van der Waals surface area contributed by atoms with Gasteiger partial charge in [0.05, 0.1) is 27.8 Å². The smallest absolute Gasteiger partial charge is 0.247 e. The molecule has 124 valence electrons. The normalized spacial score (nSPS) is 10.8. The minimum atomic E-state index is -0.241. The van der Waals surface area contributed by atoms with E-state index in [9.17, 15) is 4.79 Å². The summed E-state index contributed by atoms with van der Waals surface area (Å²) in [6, 6.07) is 7.10. The molecule has 0 saturated heterocycles. The lowest BCUT2D eigenvalue weighted by molar-refractivity contribution is -0.116. The number of rotatable bonds is 5. The van der Waals surface area contributed by atoms with Crippen molar-refractivity contribution in [2.75, 3.05) is 5.32 Å². The first-order valence-electron chi connectivity index (χ1n) is 6.95. The largest absolute Gasteiger partial charge is 0.308 e. The van der Waals surface area contributed by atoms with E-state index in [1.54, 1.807) is 35.3 Å². The molecule has 0 radical (unpaired) electrons. The van der Waals surface area contributed by atoms with Crippen molar-refractivity contribution in [1.29, 1.82) is 0 Å². The van der Waals surface area contributed by atoms with Crippen molar-refractivity contribution >= 4 is 46.5 Å². The zero-order chi connectivity index (χ0) is 17.1. The molecule has 0 spiro atoms. The first kappa shape index (κ1) is 16.8. The van der Waals surface area contributed by atoms with E-state index < -0.39 is 0 Å². The lowest BCUT2D eigenvalue weighted by atomic mass is 10.2. The van der Waals surface area contributed by atoms with E-state index in [1.165, 1.54) is 10.9 Å². The molecule has 0 unspecified atom stereocenters. The summed E-state index contributed by atoms with van der Waals surface area (Å²) in [7, 11) is 0. The van der Waals surface area contributed by atoms with Crippen LogP contribution in [0, 0.1) is 0 Å². The molecule has 3 rings (SSSR count). The van der Waals surface area contributed by atoms with Crippen molar-refractivity contribution in [2.24, 2.45) is 0 Å². The summed E-state index contributed by atoms with van der Waals surface area (Å²) in [4.78, 5) is 11.9. The lowest BCUT2D eigenvalue weighted by Crippen LogP contribution is -2.19. The summed E-state index contributed by atoms with van der Waals surface area (Å²) in [5.41, 5.74) is 0.955. The molecule has 0 bridgehead atoms. The first-order valence-corrected chi connectivity index (χ1v) is 8.08. The van der Waals surface area contributed by atoms with Gasteiger partial charge in [0.15, 0.2) is 5.82 Å². The van der Waals surface area contributed by atoms with Crippen LogP contribution in [-0.4, -0.2) is 25.5 Å². The number of hydrogen-bond acceptors (Lipinski definition) is 3. The van der Waals surface area contributed by atoms with Gasteiger partial charge in [-0.25, -0.2) is 0 Å². The van der Waals surface area contributed by atoms with Crippen molar-refractivity contribution in [3.05, 3.63) is 63.5 Å². The second-order valence-corrected chi connectivity index (χ2v) is 6.30. The van der Waals surface area contributed by atoms with Crippen LogP contribution in [0.15, 0.2) is 42.9 Å². The standard InChI is InChI=1S/C15H12Cl3N5O/c16-11-6-19-23(8-11)9-15(24)20-14-3-4-22(21-14)7-10-1-2-12(17)13(18)5-10/h1-6,8H,7,9H2,(H,20,21,24). The molecule has 1 amide bonds. The summed E-state index contributed by atoms with van der Waals surface area (Å²) >= 11 is 17.6. The van der Waals surface area contributed by atoms with Crippen molar-refractivity contribution in [3.8, 4) is 0 Å². The first-order chi connectivity index (χ1) is 11.5. The van der Waals surface area contributed by atoms with Crippen molar-refractivity contribution in [3.63, 3.8) is 0 Å². The van der Waals surface area contributed by atoms with E-state index in [0.717, 1.165) is 5.56 Å². The highest BCUT2D eigenvalue weighted by Gasteiger charge is 2.08. The summed E-state index contributed by atoms with van der Waals surface area (Å²) in [6.45, 7) is 0.577. The molecule has 2 heterocycles. The van der Waals surface area contributed by atoms with Gasteiger partial charge in [-0.2, -0.15) is 10.2 Å². The predicted octanol–water partition coefficient (Wildman–Crippen LogP) is 3.73. The average molecular weight is 385 g/mol. The number of amides is 1. The molecule has 0 saturated carbocycles. The van der Waals surface area contributed by atoms with Gasteiger partial charge in [0.2, 0.25) is 5.91 Å². The lowest BCUT2D eigenvalue weighted by Gasteiger charge is -2.04. The molecule has 0 aliphatic heterocycles. The van der Waals surface area contributed by atoms with Crippen LogP contribution in [-0.2, 0) is 17.9 Å². The summed E-state index contributed by atoms with van der Waals surface area (Å²) in [5.74, 6) is 0.216. The maximum absolute atomic E-state index is 11.9.